The highest BCUT2D eigenvalue weighted by Gasteiger charge is 2.04. The Morgan fingerprint density at radius 3 is 2.67 bits per heavy atom. The summed E-state index contributed by atoms with van der Waals surface area (Å²) in [5.74, 6) is 0. The smallest absolute Gasteiger partial charge is 0.0462 e. The fourth-order valence-corrected chi connectivity index (χ4v) is 3.30. The normalized spacial score (nSPS) is 10.6. The molecule has 0 fully saturated rings. The molecule has 0 saturated heterocycles. The van der Waals surface area contributed by atoms with Crippen molar-refractivity contribution in [3.8, 4) is 0 Å². The van der Waals surface area contributed by atoms with Crippen molar-refractivity contribution in [3.63, 3.8) is 0 Å². The standard InChI is InChI=1S/C14H13BrClNS/c1-17-9-10-6-7-11(8-13(10)16)18-14-5-3-2-4-12(14)15/h2-8,17H,9H2,1H3. The van der Waals surface area contributed by atoms with Crippen molar-refractivity contribution < 1.29 is 0 Å². The second-order valence-electron chi connectivity index (χ2n) is 3.82. The van der Waals surface area contributed by atoms with Gasteiger partial charge in [-0.1, -0.05) is 41.6 Å². The fourth-order valence-electron chi connectivity index (χ4n) is 1.58. The predicted octanol–water partition coefficient (Wildman–Crippen LogP) is 4.97. The molecular formula is C14H13BrClNS. The van der Waals surface area contributed by atoms with Gasteiger partial charge in [0, 0.05) is 25.8 Å². The summed E-state index contributed by atoms with van der Waals surface area (Å²) in [7, 11) is 1.92. The zero-order valence-electron chi connectivity index (χ0n) is 9.91. The number of nitrogens with one attached hydrogen (secondary N) is 1. The predicted molar refractivity (Wildman–Crippen MR) is 82.5 cm³/mol. The van der Waals surface area contributed by atoms with E-state index in [-0.39, 0.29) is 0 Å². The van der Waals surface area contributed by atoms with Crippen LogP contribution >= 0.6 is 39.3 Å². The molecule has 0 aliphatic rings. The zero-order chi connectivity index (χ0) is 13.0. The third-order valence-corrected chi connectivity index (χ3v) is 4.83. The summed E-state index contributed by atoms with van der Waals surface area (Å²) in [5, 5.41) is 3.91. The summed E-state index contributed by atoms with van der Waals surface area (Å²) in [5.41, 5.74) is 1.12. The van der Waals surface area contributed by atoms with E-state index in [4.69, 9.17) is 11.6 Å². The van der Waals surface area contributed by atoms with Crippen LogP contribution in [0, 0.1) is 0 Å². The van der Waals surface area contributed by atoms with Crippen LogP contribution in [0.2, 0.25) is 5.02 Å². The molecule has 4 heteroatoms. The molecule has 0 unspecified atom stereocenters. The Morgan fingerprint density at radius 1 is 1.22 bits per heavy atom. The molecule has 2 aromatic carbocycles. The van der Waals surface area contributed by atoms with E-state index in [1.807, 2.05) is 31.3 Å². The number of halogens is 2. The number of hydrogen-bond donors (Lipinski definition) is 1. The van der Waals surface area contributed by atoms with Gasteiger partial charge in [0.25, 0.3) is 0 Å². The molecule has 0 heterocycles. The Labute approximate surface area is 125 Å². The molecule has 0 radical (unpaired) electrons. The van der Waals surface area contributed by atoms with Crippen LogP contribution in [0.1, 0.15) is 5.56 Å². The van der Waals surface area contributed by atoms with E-state index in [0.717, 1.165) is 26.5 Å². The molecule has 18 heavy (non-hydrogen) atoms. The lowest BCUT2D eigenvalue weighted by molar-refractivity contribution is 0.817. The van der Waals surface area contributed by atoms with Crippen LogP contribution in [0.5, 0.6) is 0 Å². The van der Waals surface area contributed by atoms with Gasteiger partial charge in [0.1, 0.15) is 0 Å². The largest absolute Gasteiger partial charge is 0.316 e. The summed E-state index contributed by atoms with van der Waals surface area (Å²) in [6.45, 7) is 0.790. The molecule has 0 aliphatic carbocycles. The zero-order valence-corrected chi connectivity index (χ0v) is 13.1. The first-order valence-electron chi connectivity index (χ1n) is 5.56. The van der Waals surface area contributed by atoms with Crippen LogP contribution in [0.4, 0.5) is 0 Å². The van der Waals surface area contributed by atoms with E-state index >= 15 is 0 Å². The van der Waals surface area contributed by atoms with E-state index in [1.54, 1.807) is 11.8 Å². The third-order valence-electron chi connectivity index (χ3n) is 2.46. The Hall–Kier alpha value is -0.480. The van der Waals surface area contributed by atoms with Crippen LogP contribution in [0.15, 0.2) is 56.7 Å². The van der Waals surface area contributed by atoms with Gasteiger partial charge in [0.15, 0.2) is 0 Å². The van der Waals surface area contributed by atoms with Gasteiger partial charge in [-0.15, -0.1) is 0 Å². The molecule has 1 nitrogen and oxygen atoms in total. The first kappa shape index (κ1) is 13.9. The highest BCUT2D eigenvalue weighted by molar-refractivity contribution is 9.10. The summed E-state index contributed by atoms with van der Waals surface area (Å²) in [6, 6.07) is 14.4. The minimum atomic E-state index is 0.790. The SMILES string of the molecule is CNCc1ccc(Sc2ccccc2Br)cc1Cl. The molecule has 0 bridgehead atoms. The van der Waals surface area contributed by atoms with Gasteiger partial charge in [0.2, 0.25) is 0 Å². The van der Waals surface area contributed by atoms with Crippen molar-refractivity contribution in [2.75, 3.05) is 7.05 Å². The first-order valence-corrected chi connectivity index (χ1v) is 7.55. The second kappa shape index (κ2) is 6.62. The Balaban J connectivity index is 2.20. The van der Waals surface area contributed by atoms with E-state index in [1.165, 1.54) is 4.90 Å². The van der Waals surface area contributed by atoms with E-state index in [9.17, 15) is 0 Å². The van der Waals surface area contributed by atoms with Crippen LogP contribution in [0.3, 0.4) is 0 Å². The quantitative estimate of drug-likeness (QED) is 0.841. The van der Waals surface area contributed by atoms with Crippen molar-refractivity contribution in [1.29, 1.82) is 0 Å². The Kier molecular flexibility index (Phi) is 5.13. The molecule has 2 aromatic rings. The van der Waals surface area contributed by atoms with Crippen molar-refractivity contribution in [1.82, 2.24) is 5.32 Å². The fraction of sp³-hybridized carbons (Fsp3) is 0.143. The minimum Gasteiger partial charge on any atom is -0.316 e. The molecule has 0 amide bonds. The molecule has 1 N–H and O–H groups in total. The molecule has 94 valence electrons. The van der Waals surface area contributed by atoms with Gasteiger partial charge in [-0.3, -0.25) is 0 Å². The highest BCUT2D eigenvalue weighted by Crippen LogP contribution is 2.34. The van der Waals surface area contributed by atoms with Crippen molar-refractivity contribution >= 4 is 39.3 Å². The first-order chi connectivity index (χ1) is 8.70. The van der Waals surface area contributed by atoms with E-state index in [0.29, 0.717) is 0 Å². The van der Waals surface area contributed by atoms with Crippen LogP contribution in [-0.2, 0) is 6.54 Å². The van der Waals surface area contributed by atoms with Crippen molar-refractivity contribution in [2.45, 2.75) is 16.3 Å². The lowest BCUT2D eigenvalue weighted by Gasteiger charge is -2.07. The number of hydrogen-bond acceptors (Lipinski definition) is 2. The molecule has 0 saturated carbocycles. The molecular weight excluding hydrogens is 330 g/mol. The van der Waals surface area contributed by atoms with Crippen LogP contribution in [0.25, 0.3) is 0 Å². The van der Waals surface area contributed by atoms with Gasteiger partial charge in [-0.25, -0.2) is 0 Å². The summed E-state index contributed by atoms with van der Waals surface area (Å²) in [6.07, 6.45) is 0. The Morgan fingerprint density at radius 2 is 2.00 bits per heavy atom. The maximum absolute atomic E-state index is 6.25. The minimum absolute atomic E-state index is 0.790. The summed E-state index contributed by atoms with van der Waals surface area (Å²) in [4.78, 5) is 2.33. The van der Waals surface area contributed by atoms with Crippen molar-refractivity contribution in [3.05, 3.63) is 57.5 Å². The summed E-state index contributed by atoms with van der Waals surface area (Å²) < 4.78 is 1.10. The van der Waals surface area contributed by atoms with Crippen LogP contribution in [-0.4, -0.2) is 7.05 Å². The lowest BCUT2D eigenvalue weighted by Crippen LogP contribution is -2.05. The maximum Gasteiger partial charge on any atom is 0.0462 e. The van der Waals surface area contributed by atoms with Gasteiger partial charge in [-0.05, 0) is 52.8 Å². The average Bonchev–Trinajstić information content (AvgIpc) is 2.36. The maximum atomic E-state index is 6.25. The highest BCUT2D eigenvalue weighted by atomic mass is 79.9. The molecule has 0 atom stereocenters. The van der Waals surface area contributed by atoms with Crippen molar-refractivity contribution in [2.24, 2.45) is 0 Å². The van der Waals surface area contributed by atoms with E-state index < -0.39 is 0 Å². The van der Waals surface area contributed by atoms with Gasteiger partial charge < -0.3 is 5.32 Å². The summed E-state index contributed by atoms with van der Waals surface area (Å²) >= 11 is 11.5. The van der Waals surface area contributed by atoms with E-state index in [2.05, 4.69) is 39.4 Å². The van der Waals surface area contributed by atoms with Gasteiger partial charge in [0.05, 0.1) is 0 Å². The monoisotopic (exact) mass is 341 g/mol. The number of rotatable bonds is 4. The molecule has 0 aromatic heterocycles. The molecule has 2 rings (SSSR count). The van der Waals surface area contributed by atoms with Crippen LogP contribution < -0.4 is 5.32 Å². The third kappa shape index (κ3) is 3.51. The molecule has 0 spiro atoms. The van der Waals surface area contributed by atoms with Gasteiger partial charge >= 0.3 is 0 Å². The lowest BCUT2D eigenvalue weighted by atomic mass is 10.2. The Bertz CT molecular complexity index is 545. The average molecular weight is 343 g/mol. The second-order valence-corrected chi connectivity index (χ2v) is 6.19. The van der Waals surface area contributed by atoms with Gasteiger partial charge in [-0.2, -0.15) is 0 Å². The number of benzene rings is 2. The topological polar surface area (TPSA) is 12.0 Å². The molecule has 0 aliphatic heterocycles.